The molecule has 0 unspecified atom stereocenters. The highest BCUT2D eigenvalue weighted by atomic mass is 19.3. The van der Waals surface area contributed by atoms with Crippen LogP contribution in [0.1, 0.15) is 31.9 Å². The maximum atomic E-state index is 13.6. The van der Waals surface area contributed by atoms with E-state index in [1.807, 2.05) is 0 Å². The van der Waals surface area contributed by atoms with Crippen molar-refractivity contribution in [1.29, 1.82) is 0 Å². The molecule has 0 bridgehead atoms. The van der Waals surface area contributed by atoms with Crippen molar-refractivity contribution in [3.63, 3.8) is 0 Å². The molecule has 90 valence electrons. The van der Waals surface area contributed by atoms with Gasteiger partial charge in [-0.2, -0.15) is 0 Å². The van der Waals surface area contributed by atoms with E-state index >= 15 is 0 Å². The monoisotopic (exact) mass is 229 g/mol. The summed E-state index contributed by atoms with van der Waals surface area (Å²) in [6, 6.07) is 4.79. The van der Waals surface area contributed by atoms with E-state index in [9.17, 15) is 8.78 Å². The van der Waals surface area contributed by atoms with Crippen LogP contribution < -0.4 is 10.5 Å². The Hall–Kier alpha value is -1.16. The molecule has 0 saturated heterocycles. The first-order valence-corrected chi connectivity index (χ1v) is 5.02. The molecule has 1 aromatic carbocycles. The van der Waals surface area contributed by atoms with Gasteiger partial charge in [0.25, 0.3) is 5.92 Å². The van der Waals surface area contributed by atoms with Crippen molar-refractivity contribution in [3.8, 4) is 5.75 Å². The molecule has 0 atom stereocenters. The third kappa shape index (κ3) is 2.50. The Morgan fingerprint density at radius 3 is 2.12 bits per heavy atom. The molecule has 0 amide bonds. The Morgan fingerprint density at radius 2 is 1.75 bits per heavy atom. The number of alkyl halides is 2. The second kappa shape index (κ2) is 4.01. The number of nitrogens with two attached hydrogens (primary N) is 1. The van der Waals surface area contributed by atoms with Crippen LogP contribution in [0.3, 0.4) is 0 Å². The van der Waals surface area contributed by atoms with E-state index in [-0.39, 0.29) is 11.3 Å². The molecule has 0 aromatic heterocycles. The van der Waals surface area contributed by atoms with Gasteiger partial charge in [0, 0.05) is 12.5 Å². The maximum Gasteiger partial charge on any atom is 0.274 e. The molecular formula is C12H17F2NO. The van der Waals surface area contributed by atoms with Gasteiger partial charge in [0.1, 0.15) is 5.75 Å². The summed E-state index contributed by atoms with van der Waals surface area (Å²) in [6.07, 6.45) is 0. The van der Waals surface area contributed by atoms with Gasteiger partial charge in [-0.3, -0.25) is 0 Å². The molecule has 0 saturated carbocycles. The van der Waals surface area contributed by atoms with Crippen LogP contribution in [0.5, 0.6) is 5.75 Å². The highest BCUT2D eigenvalue weighted by Crippen LogP contribution is 2.40. The molecule has 0 spiro atoms. The summed E-state index contributed by atoms with van der Waals surface area (Å²) in [5.74, 6) is -2.80. The molecule has 0 fully saturated rings. The van der Waals surface area contributed by atoms with Gasteiger partial charge in [-0.25, -0.2) is 8.78 Å². The Labute approximate surface area is 94.4 Å². The fourth-order valence-corrected chi connectivity index (χ4v) is 1.69. The number of halogens is 2. The van der Waals surface area contributed by atoms with Crippen LogP contribution in [-0.4, -0.2) is 7.11 Å². The number of hydrogen-bond donors (Lipinski definition) is 1. The number of ether oxygens (including phenoxy) is 1. The van der Waals surface area contributed by atoms with E-state index in [2.05, 4.69) is 0 Å². The average Bonchev–Trinajstić information content (AvgIpc) is 2.13. The molecule has 0 aliphatic rings. The lowest BCUT2D eigenvalue weighted by atomic mass is 9.88. The first kappa shape index (κ1) is 12.9. The van der Waals surface area contributed by atoms with Crippen molar-refractivity contribution in [2.24, 2.45) is 5.73 Å². The summed E-state index contributed by atoms with van der Waals surface area (Å²) >= 11 is 0. The van der Waals surface area contributed by atoms with E-state index in [0.29, 0.717) is 5.56 Å². The molecule has 0 aliphatic carbocycles. The normalized spacial score (nSPS) is 12.7. The summed E-state index contributed by atoms with van der Waals surface area (Å²) in [4.78, 5) is 0. The van der Waals surface area contributed by atoms with Gasteiger partial charge in [0.05, 0.1) is 12.7 Å². The van der Waals surface area contributed by atoms with Gasteiger partial charge in [-0.15, -0.1) is 0 Å². The molecule has 0 aliphatic heterocycles. The van der Waals surface area contributed by atoms with Crippen molar-refractivity contribution in [3.05, 3.63) is 29.3 Å². The maximum absolute atomic E-state index is 13.6. The van der Waals surface area contributed by atoms with Crippen molar-refractivity contribution in [2.45, 2.75) is 32.2 Å². The number of hydrogen-bond acceptors (Lipinski definition) is 2. The van der Waals surface area contributed by atoms with E-state index in [4.69, 9.17) is 10.5 Å². The second-order valence-electron chi connectivity index (χ2n) is 4.49. The summed E-state index contributed by atoms with van der Waals surface area (Å²) in [6.45, 7) is 4.23. The van der Waals surface area contributed by atoms with Gasteiger partial charge in [-0.1, -0.05) is 12.1 Å². The minimum Gasteiger partial charge on any atom is -0.496 e. The predicted molar refractivity (Wildman–Crippen MR) is 59.8 cm³/mol. The van der Waals surface area contributed by atoms with Gasteiger partial charge in [-0.05, 0) is 25.5 Å². The molecule has 0 heterocycles. The number of methoxy groups -OCH3 is 1. The smallest absolute Gasteiger partial charge is 0.274 e. The van der Waals surface area contributed by atoms with E-state index in [0.717, 1.165) is 6.92 Å². The minimum atomic E-state index is -2.97. The topological polar surface area (TPSA) is 35.2 Å². The first-order chi connectivity index (χ1) is 7.18. The van der Waals surface area contributed by atoms with Crippen LogP contribution in [-0.2, 0) is 11.5 Å². The van der Waals surface area contributed by atoms with Crippen LogP contribution in [0.4, 0.5) is 8.78 Å². The Balaban J connectivity index is 3.51. The molecule has 1 aromatic rings. The summed E-state index contributed by atoms with van der Waals surface area (Å²) < 4.78 is 32.1. The summed E-state index contributed by atoms with van der Waals surface area (Å²) in [5, 5.41) is 0. The fourth-order valence-electron chi connectivity index (χ4n) is 1.69. The van der Waals surface area contributed by atoms with Crippen molar-refractivity contribution in [1.82, 2.24) is 0 Å². The molecule has 1 rings (SSSR count). The zero-order chi connectivity index (χ0) is 12.6. The third-order valence-corrected chi connectivity index (χ3v) is 2.38. The van der Waals surface area contributed by atoms with Crippen LogP contribution >= 0.6 is 0 Å². The minimum absolute atomic E-state index is 0.134. The lowest BCUT2D eigenvalue weighted by Gasteiger charge is -2.27. The Kier molecular flexibility index (Phi) is 3.24. The van der Waals surface area contributed by atoms with Gasteiger partial charge < -0.3 is 10.5 Å². The van der Waals surface area contributed by atoms with Crippen molar-refractivity contribution < 1.29 is 13.5 Å². The molecular weight excluding hydrogens is 212 g/mol. The van der Waals surface area contributed by atoms with Crippen LogP contribution in [0, 0.1) is 0 Å². The average molecular weight is 229 g/mol. The second-order valence-corrected chi connectivity index (χ2v) is 4.49. The zero-order valence-electron chi connectivity index (χ0n) is 9.97. The van der Waals surface area contributed by atoms with Gasteiger partial charge in [0.15, 0.2) is 0 Å². The first-order valence-electron chi connectivity index (χ1n) is 5.02. The standard InChI is InChI=1S/C12H17F2NO/c1-11(2,15)8-6-5-7-9(16-4)10(8)12(3,13)14/h5-7H,15H2,1-4H3. The van der Waals surface area contributed by atoms with E-state index in [1.54, 1.807) is 26.0 Å². The largest absolute Gasteiger partial charge is 0.496 e. The quantitative estimate of drug-likeness (QED) is 0.864. The fraction of sp³-hybridized carbons (Fsp3) is 0.500. The van der Waals surface area contributed by atoms with Crippen molar-refractivity contribution >= 4 is 0 Å². The summed E-state index contributed by atoms with van der Waals surface area (Å²) in [5.41, 5.74) is 5.33. The molecule has 4 heteroatoms. The molecule has 16 heavy (non-hydrogen) atoms. The molecule has 0 radical (unpaired) electrons. The van der Waals surface area contributed by atoms with Gasteiger partial charge >= 0.3 is 0 Å². The van der Waals surface area contributed by atoms with Crippen molar-refractivity contribution in [2.75, 3.05) is 7.11 Å². The molecule has 2 nitrogen and oxygen atoms in total. The lowest BCUT2D eigenvalue weighted by molar-refractivity contribution is 0.0131. The van der Waals surface area contributed by atoms with Crippen LogP contribution in [0.25, 0.3) is 0 Å². The molecule has 2 N–H and O–H groups in total. The van der Waals surface area contributed by atoms with E-state index in [1.165, 1.54) is 13.2 Å². The number of benzene rings is 1. The van der Waals surface area contributed by atoms with E-state index < -0.39 is 11.5 Å². The highest BCUT2D eigenvalue weighted by Gasteiger charge is 2.35. The van der Waals surface area contributed by atoms with Crippen LogP contribution in [0.2, 0.25) is 0 Å². The Morgan fingerprint density at radius 1 is 1.19 bits per heavy atom. The Bertz CT molecular complexity index is 378. The zero-order valence-corrected chi connectivity index (χ0v) is 9.97. The number of rotatable bonds is 3. The van der Waals surface area contributed by atoms with Gasteiger partial charge in [0.2, 0.25) is 0 Å². The summed E-state index contributed by atoms with van der Waals surface area (Å²) in [7, 11) is 1.37. The SMILES string of the molecule is COc1cccc(C(C)(C)N)c1C(C)(F)F. The highest BCUT2D eigenvalue weighted by molar-refractivity contribution is 5.45. The third-order valence-electron chi connectivity index (χ3n) is 2.38. The predicted octanol–water partition coefficient (Wildman–Crippen LogP) is 3.00. The van der Waals surface area contributed by atoms with Crippen LogP contribution in [0.15, 0.2) is 18.2 Å². The lowest BCUT2D eigenvalue weighted by Crippen LogP contribution is -2.32.